The molecule has 1 aliphatic carbocycles. The number of carbonyl (C=O) groups excluding carboxylic acids is 1. The molecule has 7 nitrogen and oxygen atoms in total. The van der Waals surface area contributed by atoms with E-state index in [1.54, 1.807) is 12.4 Å². The number of nitrogens with zero attached hydrogens (tertiary/aromatic N) is 5. The third-order valence-corrected chi connectivity index (χ3v) is 6.91. The van der Waals surface area contributed by atoms with Gasteiger partial charge in [-0.2, -0.15) is 0 Å². The Balaban J connectivity index is 1.34. The fraction of sp³-hybridized carbons (Fsp3) is 0.444. The van der Waals surface area contributed by atoms with E-state index in [1.807, 2.05) is 36.7 Å². The molecule has 7 heteroatoms. The average molecular weight is 460 g/mol. The molecular formula is C27H33N5O2. The van der Waals surface area contributed by atoms with E-state index in [-0.39, 0.29) is 12.0 Å². The molecular weight excluding hydrogens is 426 g/mol. The van der Waals surface area contributed by atoms with Crippen LogP contribution >= 0.6 is 0 Å². The standard InChI is InChI=1S/C27H33N5O2/c33-27-20-30(17-25-11-6-14-31(25)24-10-5-13-29-16-24)18-26(34-21-22-7-4-12-28-15-22)19-32(27)23-8-2-1-3-9-23/h4-7,10-16,23,26H,1-3,8-9,17-21H2/t26-/m0/s1. The van der Waals surface area contributed by atoms with E-state index >= 15 is 0 Å². The molecule has 0 spiro atoms. The predicted octanol–water partition coefficient (Wildman–Crippen LogP) is 3.83. The maximum Gasteiger partial charge on any atom is 0.237 e. The van der Waals surface area contributed by atoms with Crippen LogP contribution in [0.4, 0.5) is 0 Å². The molecule has 0 bridgehead atoms. The zero-order valence-electron chi connectivity index (χ0n) is 19.6. The first-order valence-corrected chi connectivity index (χ1v) is 12.4. The van der Waals surface area contributed by atoms with Crippen LogP contribution in [-0.2, 0) is 22.7 Å². The molecule has 5 rings (SSSR count). The van der Waals surface area contributed by atoms with Gasteiger partial charge in [-0.1, -0.05) is 25.3 Å². The lowest BCUT2D eigenvalue weighted by atomic mass is 9.94. The van der Waals surface area contributed by atoms with Gasteiger partial charge in [0, 0.05) is 56.2 Å². The molecule has 3 aromatic heterocycles. The van der Waals surface area contributed by atoms with E-state index in [4.69, 9.17) is 4.74 Å². The molecule has 3 aromatic rings. The lowest BCUT2D eigenvalue weighted by Crippen LogP contribution is -2.45. The van der Waals surface area contributed by atoms with Crippen LogP contribution in [0, 0.1) is 0 Å². The summed E-state index contributed by atoms with van der Waals surface area (Å²) in [5.41, 5.74) is 3.22. The summed E-state index contributed by atoms with van der Waals surface area (Å²) in [4.78, 5) is 26.3. The summed E-state index contributed by atoms with van der Waals surface area (Å²) < 4.78 is 8.54. The van der Waals surface area contributed by atoms with Gasteiger partial charge in [-0.3, -0.25) is 19.7 Å². The molecule has 2 aliphatic rings. The van der Waals surface area contributed by atoms with E-state index in [0.29, 0.717) is 38.8 Å². The molecule has 1 saturated carbocycles. The van der Waals surface area contributed by atoms with Crippen molar-refractivity contribution in [2.75, 3.05) is 19.6 Å². The number of hydrogen-bond acceptors (Lipinski definition) is 5. The van der Waals surface area contributed by atoms with Gasteiger partial charge in [0.25, 0.3) is 0 Å². The molecule has 0 radical (unpaired) electrons. The van der Waals surface area contributed by atoms with Crippen LogP contribution in [0.5, 0.6) is 0 Å². The van der Waals surface area contributed by atoms with Crippen LogP contribution in [0.15, 0.2) is 67.4 Å². The van der Waals surface area contributed by atoms with Gasteiger partial charge in [-0.15, -0.1) is 0 Å². The van der Waals surface area contributed by atoms with Crippen LogP contribution in [0.25, 0.3) is 5.69 Å². The number of carbonyl (C=O) groups is 1. The monoisotopic (exact) mass is 459 g/mol. The SMILES string of the molecule is O=C1CN(Cc2cccn2-c2cccnc2)C[C@H](OCc2cccnc2)CN1C1CCCCC1. The third-order valence-electron chi connectivity index (χ3n) is 6.91. The normalized spacial score (nSPS) is 20.4. The summed E-state index contributed by atoms with van der Waals surface area (Å²) in [6, 6.07) is 12.5. The van der Waals surface area contributed by atoms with Crippen molar-refractivity contribution in [2.24, 2.45) is 0 Å². The number of pyridine rings is 2. The van der Waals surface area contributed by atoms with Gasteiger partial charge in [0.05, 0.1) is 31.1 Å². The average Bonchev–Trinajstić information content (AvgIpc) is 3.28. The van der Waals surface area contributed by atoms with Crippen molar-refractivity contribution in [3.63, 3.8) is 0 Å². The summed E-state index contributed by atoms with van der Waals surface area (Å²) in [5, 5.41) is 0. The van der Waals surface area contributed by atoms with Gasteiger partial charge in [0.15, 0.2) is 0 Å². The molecule has 178 valence electrons. The van der Waals surface area contributed by atoms with Crippen LogP contribution in [0.2, 0.25) is 0 Å². The Morgan fingerprint density at radius 2 is 1.76 bits per heavy atom. The van der Waals surface area contributed by atoms with E-state index in [1.165, 1.54) is 19.3 Å². The molecule has 0 N–H and O–H groups in total. The summed E-state index contributed by atoms with van der Waals surface area (Å²) in [7, 11) is 0. The first-order valence-electron chi connectivity index (χ1n) is 12.4. The van der Waals surface area contributed by atoms with Gasteiger partial charge in [0.2, 0.25) is 5.91 Å². The number of hydrogen-bond donors (Lipinski definition) is 0. The van der Waals surface area contributed by atoms with Crippen molar-refractivity contribution >= 4 is 5.91 Å². The van der Waals surface area contributed by atoms with Crippen molar-refractivity contribution in [3.05, 3.63) is 78.6 Å². The highest BCUT2D eigenvalue weighted by Gasteiger charge is 2.33. The highest BCUT2D eigenvalue weighted by molar-refractivity contribution is 5.79. The Morgan fingerprint density at radius 3 is 2.53 bits per heavy atom. The van der Waals surface area contributed by atoms with Crippen molar-refractivity contribution < 1.29 is 9.53 Å². The number of amides is 1. The summed E-state index contributed by atoms with van der Waals surface area (Å²) in [6.07, 6.45) is 15.2. The fourth-order valence-electron chi connectivity index (χ4n) is 5.20. The first kappa shape index (κ1) is 22.7. The molecule has 0 aromatic carbocycles. The van der Waals surface area contributed by atoms with Crippen molar-refractivity contribution in [2.45, 2.75) is 57.4 Å². The maximum atomic E-state index is 13.4. The lowest BCUT2D eigenvalue weighted by Gasteiger charge is -2.35. The largest absolute Gasteiger partial charge is 0.370 e. The smallest absolute Gasteiger partial charge is 0.237 e. The summed E-state index contributed by atoms with van der Waals surface area (Å²) >= 11 is 0. The quantitative estimate of drug-likeness (QED) is 0.537. The van der Waals surface area contributed by atoms with Crippen LogP contribution in [-0.4, -0.2) is 62.0 Å². The first-order chi connectivity index (χ1) is 16.8. The van der Waals surface area contributed by atoms with Gasteiger partial charge in [-0.25, -0.2) is 0 Å². The molecule has 2 fully saturated rings. The molecule has 1 aliphatic heterocycles. The van der Waals surface area contributed by atoms with Crippen molar-refractivity contribution in [1.82, 2.24) is 24.3 Å². The summed E-state index contributed by atoms with van der Waals surface area (Å²) in [6.45, 7) is 2.97. The minimum absolute atomic E-state index is 0.0459. The Morgan fingerprint density at radius 1 is 0.941 bits per heavy atom. The molecule has 1 atom stereocenters. The predicted molar refractivity (Wildman–Crippen MR) is 130 cm³/mol. The number of ether oxygens (including phenoxy) is 1. The van der Waals surface area contributed by atoms with E-state index in [9.17, 15) is 4.79 Å². The van der Waals surface area contributed by atoms with Gasteiger partial charge >= 0.3 is 0 Å². The Hall–Kier alpha value is -3.03. The highest BCUT2D eigenvalue weighted by Crippen LogP contribution is 2.25. The summed E-state index contributed by atoms with van der Waals surface area (Å²) in [5.74, 6) is 0.221. The lowest BCUT2D eigenvalue weighted by molar-refractivity contribution is -0.135. The molecule has 0 unspecified atom stereocenters. The Kier molecular flexibility index (Phi) is 7.31. The van der Waals surface area contributed by atoms with Gasteiger partial charge in [-0.05, 0) is 48.7 Å². The van der Waals surface area contributed by atoms with E-state index in [0.717, 1.165) is 29.8 Å². The second-order valence-electron chi connectivity index (χ2n) is 9.38. The Labute approximate surface area is 201 Å². The third kappa shape index (κ3) is 5.54. The zero-order chi connectivity index (χ0) is 23.2. The highest BCUT2D eigenvalue weighted by atomic mass is 16.5. The van der Waals surface area contributed by atoms with Gasteiger partial charge in [0.1, 0.15) is 0 Å². The molecule has 34 heavy (non-hydrogen) atoms. The van der Waals surface area contributed by atoms with Crippen LogP contribution in [0.3, 0.4) is 0 Å². The van der Waals surface area contributed by atoms with E-state index < -0.39 is 0 Å². The van der Waals surface area contributed by atoms with E-state index in [2.05, 4.69) is 42.7 Å². The molecule has 1 amide bonds. The zero-order valence-corrected chi connectivity index (χ0v) is 19.6. The second-order valence-corrected chi connectivity index (χ2v) is 9.38. The Bertz CT molecular complexity index is 1050. The fourth-order valence-corrected chi connectivity index (χ4v) is 5.20. The molecule has 1 saturated heterocycles. The van der Waals surface area contributed by atoms with Crippen molar-refractivity contribution in [3.8, 4) is 5.69 Å². The number of aromatic nitrogens is 3. The number of rotatable bonds is 7. The second kappa shape index (κ2) is 10.9. The minimum Gasteiger partial charge on any atom is -0.370 e. The van der Waals surface area contributed by atoms with Crippen LogP contribution in [0.1, 0.15) is 43.4 Å². The van der Waals surface area contributed by atoms with Gasteiger partial charge < -0.3 is 14.2 Å². The topological polar surface area (TPSA) is 63.5 Å². The van der Waals surface area contributed by atoms with Crippen molar-refractivity contribution in [1.29, 1.82) is 0 Å². The molecule has 4 heterocycles. The van der Waals surface area contributed by atoms with Crippen LogP contribution < -0.4 is 0 Å². The minimum atomic E-state index is -0.0459. The maximum absolute atomic E-state index is 13.4.